The Kier molecular flexibility index (Phi) is 8.07. The summed E-state index contributed by atoms with van der Waals surface area (Å²) in [5.41, 5.74) is 1.86. The van der Waals surface area contributed by atoms with E-state index in [9.17, 15) is 8.42 Å². The quantitative estimate of drug-likeness (QED) is 0.515. The van der Waals surface area contributed by atoms with Gasteiger partial charge < -0.3 is 15.0 Å². The van der Waals surface area contributed by atoms with E-state index in [0.29, 0.717) is 12.5 Å². The van der Waals surface area contributed by atoms with Crippen molar-refractivity contribution in [2.24, 2.45) is 10.9 Å². The molecule has 1 atom stereocenters. The van der Waals surface area contributed by atoms with Crippen molar-refractivity contribution in [3.05, 3.63) is 35.4 Å². The highest BCUT2D eigenvalue weighted by atomic mass is 32.2. The SMILES string of the molecule is CN=C(NCc1ccc(CS(=O)(=O)NC(C)C)cc1)N1CCC(COC)C1. The Morgan fingerprint density at radius 3 is 2.56 bits per heavy atom. The Labute approximate surface area is 163 Å². The molecular weight excluding hydrogens is 364 g/mol. The van der Waals surface area contributed by atoms with Gasteiger partial charge in [-0.05, 0) is 31.4 Å². The van der Waals surface area contributed by atoms with Crippen LogP contribution in [0.3, 0.4) is 0 Å². The molecule has 0 spiro atoms. The molecule has 0 amide bonds. The summed E-state index contributed by atoms with van der Waals surface area (Å²) in [7, 11) is 0.234. The van der Waals surface area contributed by atoms with Crippen LogP contribution >= 0.6 is 0 Å². The van der Waals surface area contributed by atoms with Gasteiger partial charge in [0.1, 0.15) is 0 Å². The topological polar surface area (TPSA) is 83.0 Å². The fourth-order valence-corrected chi connectivity index (χ4v) is 4.72. The monoisotopic (exact) mass is 396 g/mol. The van der Waals surface area contributed by atoms with Crippen LogP contribution in [0.1, 0.15) is 31.4 Å². The predicted octanol–water partition coefficient (Wildman–Crippen LogP) is 1.56. The molecule has 0 radical (unpaired) electrons. The molecule has 1 unspecified atom stereocenters. The van der Waals surface area contributed by atoms with Gasteiger partial charge >= 0.3 is 0 Å². The number of nitrogens with one attached hydrogen (secondary N) is 2. The molecule has 2 rings (SSSR count). The van der Waals surface area contributed by atoms with Crippen molar-refractivity contribution in [3.63, 3.8) is 0 Å². The first-order chi connectivity index (χ1) is 12.8. The minimum Gasteiger partial charge on any atom is -0.384 e. The van der Waals surface area contributed by atoms with E-state index in [1.54, 1.807) is 14.2 Å². The van der Waals surface area contributed by atoms with Crippen molar-refractivity contribution in [2.45, 2.75) is 38.6 Å². The summed E-state index contributed by atoms with van der Waals surface area (Å²) in [6.07, 6.45) is 1.11. The lowest BCUT2D eigenvalue weighted by Crippen LogP contribution is -2.39. The summed E-state index contributed by atoms with van der Waals surface area (Å²) < 4.78 is 31.9. The lowest BCUT2D eigenvalue weighted by atomic mass is 10.1. The average molecular weight is 397 g/mol. The van der Waals surface area contributed by atoms with Crippen LogP contribution in [0.4, 0.5) is 0 Å². The molecule has 0 aliphatic carbocycles. The van der Waals surface area contributed by atoms with Crippen LogP contribution in [0.5, 0.6) is 0 Å². The van der Waals surface area contributed by atoms with Gasteiger partial charge in [0.25, 0.3) is 0 Å². The van der Waals surface area contributed by atoms with Gasteiger partial charge in [-0.3, -0.25) is 4.99 Å². The predicted molar refractivity (Wildman–Crippen MR) is 109 cm³/mol. The highest BCUT2D eigenvalue weighted by molar-refractivity contribution is 7.88. The van der Waals surface area contributed by atoms with Crippen LogP contribution in [-0.4, -0.2) is 59.2 Å². The highest BCUT2D eigenvalue weighted by Crippen LogP contribution is 2.16. The molecule has 27 heavy (non-hydrogen) atoms. The third-order valence-electron chi connectivity index (χ3n) is 4.45. The number of rotatable bonds is 8. The smallest absolute Gasteiger partial charge is 0.216 e. The van der Waals surface area contributed by atoms with E-state index in [4.69, 9.17) is 4.74 Å². The zero-order chi connectivity index (χ0) is 19.9. The van der Waals surface area contributed by atoms with E-state index in [1.807, 2.05) is 38.1 Å². The van der Waals surface area contributed by atoms with Crippen molar-refractivity contribution >= 4 is 16.0 Å². The van der Waals surface area contributed by atoms with Crippen molar-refractivity contribution < 1.29 is 13.2 Å². The molecule has 1 saturated heterocycles. The van der Waals surface area contributed by atoms with Gasteiger partial charge in [-0.2, -0.15) is 0 Å². The summed E-state index contributed by atoms with van der Waals surface area (Å²) in [5, 5.41) is 3.39. The summed E-state index contributed by atoms with van der Waals surface area (Å²) in [5.74, 6) is 1.44. The summed E-state index contributed by atoms with van der Waals surface area (Å²) in [6.45, 7) is 6.99. The summed E-state index contributed by atoms with van der Waals surface area (Å²) in [6, 6.07) is 7.55. The second-order valence-electron chi connectivity index (χ2n) is 7.30. The second-order valence-corrected chi connectivity index (χ2v) is 9.06. The minimum atomic E-state index is -3.30. The summed E-state index contributed by atoms with van der Waals surface area (Å²) >= 11 is 0. The largest absolute Gasteiger partial charge is 0.384 e. The fourth-order valence-electron chi connectivity index (χ4n) is 3.28. The van der Waals surface area contributed by atoms with Crippen molar-refractivity contribution in [2.75, 3.05) is 33.9 Å². The number of benzene rings is 1. The first-order valence-corrected chi connectivity index (χ1v) is 11.0. The zero-order valence-electron chi connectivity index (χ0n) is 16.7. The van der Waals surface area contributed by atoms with Gasteiger partial charge in [0.2, 0.25) is 10.0 Å². The van der Waals surface area contributed by atoms with Crippen LogP contribution < -0.4 is 10.0 Å². The fraction of sp³-hybridized carbons (Fsp3) is 0.632. The van der Waals surface area contributed by atoms with Gasteiger partial charge in [-0.15, -0.1) is 0 Å². The van der Waals surface area contributed by atoms with Crippen LogP contribution in [0.2, 0.25) is 0 Å². The summed E-state index contributed by atoms with van der Waals surface area (Å²) in [4.78, 5) is 6.63. The van der Waals surface area contributed by atoms with Crippen LogP contribution in [0.15, 0.2) is 29.3 Å². The zero-order valence-corrected chi connectivity index (χ0v) is 17.6. The van der Waals surface area contributed by atoms with Gasteiger partial charge in [-0.25, -0.2) is 13.1 Å². The van der Waals surface area contributed by atoms with E-state index in [0.717, 1.165) is 43.2 Å². The maximum Gasteiger partial charge on any atom is 0.216 e. The number of likely N-dealkylation sites (tertiary alicyclic amines) is 1. The molecule has 1 fully saturated rings. The van der Waals surface area contributed by atoms with Gasteiger partial charge in [0, 0.05) is 45.8 Å². The number of hydrogen-bond acceptors (Lipinski definition) is 4. The van der Waals surface area contributed by atoms with E-state index in [2.05, 4.69) is 19.9 Å². The second kappa shape index (κ2) is 10.1. The Bertz CT molecular complexity index is 717. The van der Waals surface area contributed by atoms with Gasteiger partial charge in [0.05, 0.1) is 12.4 Å². The standard InChI is InChI=1S/C19H32N4O3S/c1-15(2)22-27(24,25)14-17-7-5-16(6-8-17)11-21-19(20-3)23-10-9-18(12-23)13-26-4/h5-8,15,18,22H,9-14H2,1-4H3,(H,20,21). The molecule has 1 aliphatic heterocycles. The number of sulfonamides is 1. The van der Waals surface area contributed by atoms with E-state index >= 15 is 0 Å². The maximum atomic E-state index is 12.0. The Morgan fingerprint density at radius 1 is 1.30 bits per heavy atom. The first-order valence-electron chi connectivity index (χ1n) is 9.35. The Morgan fingerprint density at radius 2 is 1.96 bits per heavy atom. The molecule has 7 nitrogen and oxygen atoms in total. The van der Waals surface area contributed by atoms with Crippen LogP contribution in [0, 0.1) is 5.92 Å². The lowest BCUT2D eigenvalue weighted by Gasteiger charge is -2.21. The molecule has 0 bridgehead atoms. The molecule has 1 aromatic rings. The number of nitrogens with zero attached hydrogens (tertiary/aromatic N) is 2. The maximum absolute atomic E-state index is 12.0. The molecule has 1 aliphatic rings. The number of methoxy groups -OCH3 is 1. The van der Waals surface area contributed by atoms with Gasteiger partial charge in [0.15, 0.2) is 5.96 Å². The number of hydrogen-bond donors (Lipinski definition) is 2. The van der Waals surface area contributed by atoms with E-state index in [1.165, 1.54) is 0 Å². The average Bonchev–Trinajstić information content (AvgIpc) is 3.04. The lowest BCUT2D eigenvalue weighted by molar-refractivity contribution is 0.157. The molecule has 8 heteroatoms. The Balaban J connectivity index is 1.87. The Hall–Kier alpha value is -1.64. The van der Waals surface area contributed by atoms with Crippen LogP contribution in [-0.2, 0) is 27.1 Å². The molecule has 1 heterocycles. The van der Waals surface area contributed by atoms with E-state index < -0.39 is 10.0 Å². The van der Waals surface area contributed by atoms with Crippen molar-refractivity contribution in [1.82, 2.24) is 14.9 Å². The normalized spacial score (nSPS) is 18.3. The molecule has 152 valence electrons. The number of guanidine groups is 1. The molecule has 2 N–H and O–H groups in total. The minimum absolute atomic E-state index is 0.00474. The van der Waals surface area contributed by atoms with Crippen molar-refractivity contribution in [1.29, 1.82) is 0 Å². The van der Waals surface area contributed by atoms with Crippen molar-refractivity contribution in [3.8, 4) is 0 Å². The molecule has 1 aromatic carbocycles. The highest BCUT2D eigenvalue weighted by Gasteiger charge is 2.24. The third-order valence-corrected chi connectivity index (χ3v) is 5.99. The van der Waals surface area contributed by atoms with E-state index in [-0.39, 0.29) is 11.8 Å². The molecular formula is C19H32N4O3S. The van der Waals surface area contributed by atoms with Crippen LogP contribution in [0.25, 0.3) is 0 Å². The molecule has 0 saturated carbocycles. The van der Waals surface area contributed by atoms with Gasteiger partial charge in [-0.1, -0.05) is 24.3 Å². The number of aliphatic imine (C=N–C) groups is 1. The first kappa shape index (κ1) is 21.7. The number of ether oxygens (including phenoxy) is 1. The molecule has 0 aromatic heterocycles. The third kappa shape index (κ3) is 7.12.